The van der Waals surface area contributed by atoms with E-state index in [4.69, 9.17) is 5.11 Å². The van der Waals surface area contributed by atoms with Gasteiger partial charge in [-0.2, -0.15) is 16.1 Å². The molecule has 1 rings (SSSR count). The molecular formula is C7H9NO2S2. The third kappa shape index (κ3) is 2.49. The van der Waals surface area contributed by atoms with Crippen LogP contribution in [0.5, 0.6) is 0 Å². The number of rotatable bonds is 4. The maximum atomic E-state index is 10.5. The monoisotopic (exact) mass is 203 g/mol. The highest BCUT2D eigenvalue weighted by Gasteiger charge is 2.07. The second-order valence-electron chi connectivity index (χ2n) is 2.12. The van der Waals surface area contributed by atoms with E-state index in [9.17, 15) is 4.79 Å². The van der Waals surface area contributed by atoms with Gasteiger partial charge in [0.15, 0.2) is 0 Å². The summed E-state index contributed by atoms with van der Waals surface area (Å²) < 4.78 is 4.01. The van der Waals surface area contributed by atoms with E-state index in [-0.39, 0.29) is 0 Å². The minimum Gasteiger partial charge on any atom is -0.477 e. The average Bonchev–Trinajstić information content (AvgIpc) is 2.48. The largest absolute Gasteiger partial charge is 0.477 e. The van der Waals surface area contributed by atoms with Gasteiger partial charge in [0.25, 0.3) is 0 Å². The van der Waals surface area contributed by atoms with Crippen LogP contribution < -0.4 is 0 Å². The molecular weight excluding hydrogens is 194 g/mol. The van der Waals surface area contributed by atoms with Crippen molar-refractivity contribution >= 4 is 29.3 Å². The number of carbonyl (C=O) groups is 1. The predicted octanol–water partition coefficient (Wildman–Crippen LogP) is 2.09. The van der Waals surface area contributed by atoms with Gasteiger partial charge in [0.05, 0.1) is 5.69 Å². The molecule has 0 saturated carbocycles. The van der Waals surface area contributed by atoms with Gasteiger partial charge in [-0.05, 0) is 23.4 Å². The van der Waals surface area contributed by atoms with Crippen LogP contribution in [0.25, 0.3) is 0 Å². The van der Waals surface area contributed by atoms with Crippen LogP contribution in [-0.2, 0) is 5.75 Å². The van der Waals surface area contributed by atoms with Crippen molar-refractivity contribution in [3.63, 3.8) is 0 Å². The zero-order valence-electron chi connectivity index (χ0n) is 6.61. The van der Waals surface area contributed by atoms with E-state index < -0.39 is 5.97 Å². The first-order valence-corrected chi connectivity index (χ1v) is 5.43. The molecule has 0 fully saturated rings. The molecule has 1 aromatic heterocycles. The molecule has 1 N–H and O–H groups in total. The zero-order chi connectivity index (χ0) is 8.97. The highest BCUT2D eigenvalue weighted by atomic mass is 32.2. The van der Waals surface area contributed by atoms with Crippen LogP contribution in [0.3, 0.4) is 0 Å². The van der Waals surface area contributed by atoms with E-state index in [0.717, 1.165) is 28.7 Å². The first-order chi connectivity index (χ1) is 5.74. The third-order valence-electron chi connectivity index (χ3n) is 1.22. The van der Waals surface area contributed by atoms with Gasteiger partial charge in [0.1, 0.15) is 4.88 Å². The van der Waals surface area contributed by atoms with Crippen LogP contribution in [0.1, 0.15) is 22.3 Å². The Bertz CT molecular complexity index is 272. The highest BCUT2D eigenvalue weighted by molar-refractivity contribution is 7.98. The van der Waals surface area contributed by atoms with Gasteiger partial charge in [-0.25, -0.2) is 4.79 Å². The SMILES string of the molecule is CCSCc1cc(C(=O)O)sn1. The fourth-order valence-electron chi connectivity index (χ4n) is 0.687. The van der Waals surface area contributed by atoms with Crippen molar-refractivity contribution in [1.82, 2.24) is 4.37 Å². The van der Waals surface area contributed by atoms with Crippen LogP contribution in [0.2, 0.25) is 0 Å². The van der Waals surface area contributed by atoms with E-state index in [1.54, 1.807) is 17.8 Å². The summed E-state index contributed by atoms with van der Waals surface area (Å²) >= 11 is 2.78. The van der Waals surface area contributed by atoms with E-state index >= 15 is 0 Å². The van der Waals surface area contributed by atoms with Gasteiger partial charge >= 0.3 is 5.97 Å². The molecule has 1 aromatic rings. The van der Waals surface area contributed by atoms with Gasteiger partial charge < -0.3 is 5.11 Å². The maximum Gasteiger partial charge on any atom is 0.347 e. The number of hydrogen-bond donors (Lipinski definition) is 1. The average molecular weight is 203 g/mol. The van der Waals surface area contributed by atoms with Crippen molar-refractivity contribution in [2.75, 3.05) is 5.75 Å². The second-order valence-corrected chi connectivity index (χ2v) is 4.20. The number of aromatic carboxylic acids is 1. The van der Waals surface area contributed by atoms with Crippen LogP contribution in [-0.4, -0.2) is 21.2 Å². The smallest absolute Gasteiger partial charge is 0.347 e. The molecule has 5 heteroatoms. The number of carboxylic acids is 1. The van der Waals surface area contributed by atoms with Gasteiger partial charge in [-0.1, -0.05) is 6.92 Å². The van der Waals surface area contributed by atoms with Crippen molar-refractivity contribution in [2.45, 2.75) is 12.7 Å². The molecule has 0 saturated heterocycles. The summed E-state index contributed by atoms with van der Waals surface area (Å²) in [7, 11) is 0. The highest BCUT2D eigenvalue weighted by Crippen LogP contribution is 2.15. The van der Waals surface area contributed by atoms with Gasteiger partial charge in [-0.15, -0.1) is 0 Å². The van der Waals surface area contributed by atoms with Crippen LogP contribution >= 0.6 is 23.3 Å². The summed E-state index contributed by atoms with van der Waals surface area (Å²) in [5.74, 6) is 0.945. The molecule has 0 radical (unpaired) electrons. The van der Waals surface area contributed by atoms with Crippen LogP contribution in [0, 0.1) is 0 Å². The molecule has 0 unspecified atom stereocenters. The van der Waals surface area contributed by atoms with Crippen molar-refractivity contribution in [1.29, 1.82) is 0 Å². The van der Waals surface area contributed by atoms with Gasteiger partial charge in [0.2, 0.25) is 0 Å². The topological polar surface area (TPSA) is 50.2 Å². The molecule has 0 aliphatic carbocycles. The predicted molar refractivity (Wildman–Crippen MR) is 50.9 cm³/mol. The Kier molecular flexibility index (Phi) is 3.55. The van der Waals surface area contributed by atoms with Crippen molar-refractivity contribution < 1.29 is 9.90 Å². The fourth-order valence-corrected chi connectivity index (χ4v) is 1.93. The number of thioether (sulfide) groups is 1. The third-order valence-corrected chi connectivity index (χ3v) is 2.95. The number of carboxylic acid groups (broad SMARTS) is 1. The van der Waals surface area contributed by atoms with Crippen molar-refractivity contribution in [2.24, 2.45) is 0 Å². The number of hydrogen-bond acceptors (Lipinski definition) is 4. The molecule has 0 aromatic carbocycles. The first-order valence-electron chi connectivity index (χ1n) is 3.50. The Morgan fingerprint density at radius 1 is 1.83 bits per heavy atom. The van der Waals surface area contributed by atoms with Crippen LogP contribution in [0.4, 0.5) is 0 Å². The first kappa shape index (κ1) is 9.54. The van der Waals surface area contributed by atoms with Crippen LogP contribution in [0.15, 0.2) is 6.07 Å². The fraction of sp³-hybridized carbons (Fsp3) is 0.429. The van der Waals surface area contributed by atoms with E-state index in [1.807, 2.05) is 0 Å². The number of aromatic nitrogens is 1. The van der Waals surface area contributed by atoms with Gasteiger partial charge in [0, 0.05) is 5.75 Å². The summed E-state index contributed by atoms with van der Waals surface area (Å²) in [6, 6.07) is 1.63. The molecule has 0 spiro atoms. The molecule has 66 valence electrons. The summed E-state index contributed by atoms with van der Waals surface area (Å²) in [6.45, 7) is 2.06. The molecule has 0 atom stereocenters. The van der Waals surface area contributed by atoms with E-state index in [1.165, 1.54) is 0 Å². The number of nitrogens with zero attached hydrogens (tertiary/aromatic N) is 1. The minimum absolute atomic E-state index is 0.321. The Hall–Kier alpha value is -0.550. The van der Waals surface area contributed by atoms with Crippen molar-refractivity contribution in [3.05, 3.63) is 16.6 Å². The molecule has 0 aliphatic rings. The summed E-state index contributed by atoms with van der Waals surface area (Å²) in [6.07, 6.45) is 0. The summed E-state index contributed by atoms with van der Waals surface area (Å²) in [5, 5.41) is 8.59. The molecule has 3 nitrogen and oxygen atoms in total. The Morgan fingerprint density at radius 2 is 2.58 bits per heavy atom. The lowest BCUT2D eigenvalue weighted by Crippen LogP contribution is -1.90. The lowest BCUT2D eigenvalue weighted by Gasteiger charge is -1.90. The molecule has 0 aliphatic heterocycles. The lowest BCUT2D eigenvalue weighted by molar-refractivity contribution is 0.0702. The zero-order valence-corrected chi connectivity index (χ0v) is 8.24. The minimum atomic E-state index is -0.889. The normalized spacial score (nSPS) is 10.1. The summed E-state index contributed by atoms with van der Waals surface area (Å²) in [5.41, 5.74) is 0.865. The Morgan fingerprint density at radius 3 is 3.08 bits per heavy atom. The molecule has 0 bridgehead atoms. The van der Waals surface area contributed by atoms with Crippen molar-refractivity contribution in [3.8, 4) is 0 Å². The lowest BCUT2D eigenvalue weighted by atomic mass is 10.4. The standard InChI is InChI=1S/C7H9NO2S2/c1-2-11-4-5-3-6(7(9)10)12-8-5/h3H,2,4H2,1H3,(H,9,10). The molecule has 0 amide bonds. The quantitative estimate of drug-likeness (QED) is 0.814. The van der Waals surface area contributed by atoms with E-state index in [2.05, 4.69) is 11.3 Å². The molecule has 12 heavy (non-hydrogen) atoms. The summed E-state index contributed by atoms with van der Waals surface area (Å²) in [4.78, 5) is 10.8. The molecule has 1 heterocycles. The second kappa shape index (κ2) is 4.47. The van der Waals surface area contributed by atoms with Gasteiger partial charge in [-0.3, -0.25) is 0 Å². The maximum absolute atomic E-state index is 10.5. The van der Waals surface area contributed by atoms with E-state index in [0.29, 0.717) is 4.88 Å². The Balaban J connectivity index is 2.58. The Labute approximate surface area is 79.0 Å².